The van der Waals surface area contributed by atoms with Gasteiger partial charge in [-0.25, -0.2) is 0 Å². The third-order valence-corrected chi connectivity index (χ3v) is 4.38. The maximum Gasteiger partial charge on any atom is 0.299 e. The topological polar surface area (TPSA) is 38.8 Å². The summed E-state index contributed by atoms with van der Waals surface area (Å²) in [5.41, 5.74) is 0.478. The summed E-state index contributed by atoms with van der Waals surface area (Å²) in [7, 11) is 0. The van der Waals surface area contributed by atoms with Crippen molar-refractivity contribution >= 4 is 5.91 Å². The Bertz CT molecular complexity index is 604. The monoisotopic (exact) mass is 299 g/mol. The van der Waals surface area contributed by atoms with Gasteiger partial charge in [-0.15, -0.1) is 0 Å². The van der Waals surface area contributed by atoms with E-state index in [1.165, 1.54) is 0 Å². The summed E-state index contributed by atoms with van der Waals surface area (Å²) in [4.78, 5) is 14.2. The van der Waals surface area contributed by atoms with Crippen LogP contribution in [-0.4, -0.2) is 48.3 Å². The predicted molar refractivity (Wildman–Crippen MR) is 83.2 cm³/mol. The SMILES string of the molecule is C[C@@H]1CN(C(=O)C#Cc2ccccc2)C[C@]2(CCO[C@H]2C)O1. The molecule has 0 bridgehead atoms. The summed E-state index contributed by atoms with van der Waals surface area (Å²) in [6, 6.07) is 9.56. The van der Waals surface area contributed by atoms with E-state index < -0.39 is 0 Å². The van der Waals surface area contributed by atoms with E-state index in [1.807, 2.05) is 44.2 Å². The Morgan fingerprint density at radius 3 is 2.77 bits per heavy atom. The first kappa shape index (κ1) is 15.1. The molecule has 2 aliphatic rings. The molecule has 116 valence electrons. The van der Waals surface area contributed by atoms with E-state index in [-0.39, 0.29) is 23.7 Å². The molecule has 0 unspecified atom stereocenters. The van der Waals surface area contributed by atoms with Crippen LogP contribution in [0.1, 0.15) is 25.8 Å². The number of amides is 1. The third-order valence-electron chi connectivity index (χ3n) is 4.38. The molecule has 1 aromatic carbocycles. The van der Waals surface area contributed by atoms with E-state index in [9.17, 15) is 4.79 Å². The molecule has 4 heteroatoms. The number of morpholine rings is 1. The van der Waals surface area contributed by atoms with Crippen molar-refractivity contribution < 1.29 is 14.3 Å². The zero-order valence-corrected chi connectivity index (χ0v) is 13.0. The largest absolute Gasteiger partial charge is 0.375 e. The molecule has 2 saturated heterocycles. The van der Waals surface area contributed by atoms with Crippen molar-refractivity contribution in [3.63, 3.8) is 0 Å². The molecule has 0 radical (unpaired) electrons. The van der Waals surface area contributed by atoms with Gasteiger partial charge in [0, 0.05) is 31.1 Å². The molecule has 3 atom stereocenters. The minimum Gasteiger partial charge on any atom is -0.375 e. The molecule has 22 heavy (non-hydrogen) atoms. The molecule has 2 heterocycles. The van der Waals surface area contributed by atoms with Crippen LogP contribution in [0.25, 0.3) is 0 Å². The van der Waals surface area contributed by atoms with Crippen molar-refractivity contribution in [1.82, 2.24) is 4.90 Å². The van der Waals surface area contributed by atoms with Crippen LogP contribution in [0.4, 0.5) is 0 Å². The Kier molecular flexibility index (Phi) is 4.19. The lowest BCUT2D eigenvalue weighted by Crippen LogP contribution is -2.59. The smallest absolute Gasteiger partial charge is 0.299 e. The maximum atomic E-state index is 12.4. The van der Waals surface area contributed by atoms with Crippen LogP contribution in [-0.2, 0) is 14.3 Å². The van der Waals surface area contributed by atoms with E-state index in [0.717, 1.165) is 12.0 Å². The van der Waals surface area contributed by atoms with Gasteiger partial charge in [-0.3, -0.25) is 4.79 Å². The lowest BCUT2D eigenvalue weighted by molar-refractivity contribution is -0.175. The summed E-state index contributed by atoms with van der Waals surface area (Å²) >= 11 is 0. The molecular weight excluding hydrogens is 278 g/mol. The second-order valence-electron chi connectivity index (χ2n) is 6.06. The molecule has 1 aromatic rings. The van der Waals surface area contributed by atoms with Gasteiger partial charge >= 0.3 is 0 Å². The lowest BCUT2D eigenvalue weighted by atomic mass is 9.93. The molecule has 3 rings (SSSR count). The summed E-state index contributed by atoms with van der Waals surface area (Å²) < 4.78 is 11.8. The molecule has 0 N–H and O–H groups in total. The van der Waals surface area contributed by atoms with Crippen molar-refractivity contribution in [1.29, 1.82) is 0 Å². The molecule has 2 aliphatic heterocycles. The number of carbonyl (C=O) groups is 1. The number of rotatable bonds is 0. The molecule has 2 fully saturated rings. The molecule has 1 amide bonds. The van der Waals surface area contributed by atoms with Crippen LogP contribution in [0.5, 0.6) is 0 Å². The zero-order valence-electron chi connectivity index (χ0n) is 13.0. The predicted octanol–water partition coefficient (Wildman–Crippen LogP) is 1.83. The Morgan fingerprint density at radius 2 is 2.09 bits per heavy atom. The van der Waals surface area contributed by atoms with Crippen molar-refractivity contribution in [3.8, 4) is 11.8 Å². The quantitative estimate of drug-likeness (QED) is 0.686. The minimum absolute atomic E-state index is 0.000347. The minimum atomic E-state index is -0.373. The summed E-state index contributed by atoms with van der Waals surface area (Å²) in [6.07, 6.45) is 0.835. The highest BCUT2D eigenvalue weighted by atomic mass is 16.6. The van der Waals surface area contributed by atoms with Crippen molar-refractivity contribution in [2.24, 2.45) is 0 Å². The van der Waals surface area contributed by atoms with Gasteiger partial charge < -0.3 is 14.4 Å². The number of hydrogen-bond donors (Lipinski definition) is 0. The van der Waals surface area contributed by atoms with Crippen molar-refractivity contribution in [2.45, 2.75) is 38.1 Å². The number of ether oxygens (including phenoxy) is 2. The van der Waals surface area contributed by atoms with Gasteiger partial charge in [-0.1, -0.05) is 24.1 Å². The van der Waals surface area contributed by atoms with Crippen molar-refractivity contribution in [2.75, 3.05) is 19.7 Å². The zero-order chi connectivity index (χ0) is 15.6. The van der Waals surface area contributed by atoms with Gasteiger partial charge in [0.2, 0.25) is 0 Å². The number of nitrogens with zero attached hydrogens (tertiary/aromatic N) is 1. The molecule has 0 saturated carbocycles. The molecule has 1 spiro atoms. The molecular formula is C18H21NO3. The van der Waals surface area contributed by atoms with Gasteiger partial charge in [0.15, 0.2) is 0 Å². The fraction of sp³-hybridized carbons (Fsp3) is 0.500. The second kappa shape index (κ2) is 6.12. The first-order valence-electron chi connectivity index (χ1n) is 7.74. The maximum absolute atomic E-state index is 12.4. The first-order chi connectivity index (χ1) is 10.6. The van der Waals surface area contributed by atoms with Crippen LogP contribution in [0.3, 0.4) is 0 Å². The highest BCUT2D eigenvalue weighted by molar-refractivity contribution is 5.94. The van der Waals surface area contributed by atoms with Crippen LogP contribution in [0.15, 0.2) is 30.3 Å². The van der Waals surface area contributed by atoms with E-state index in [0.29, 0.717) is 19.7 Å². The average Bonchev–Trinajstić information content (AvgIpc) is 2.85. The summed E-state index contributed by atoms with van der Waals surface area (Å²) in [5, 5.41) is 0. The van der Waals surface area contributed by atoms with Crippen LogP contribution in [0, 0.1) is 11.8 Å². The molecule has 4 nitrogen and oxygen atoms in total. The van der Waals surface area contributed by atoms with Crippen LogP contribution < -0.4 is 0 Å². The van der Waals surface area contributed by atoms with Gasteiger partial charge in [-0.05, 0) is 26.0 Å². The van der Waals surface area contributed by atoms with E-state index in [2.05, 4.69) is 11.8 Å². The highest BCUT2D eigenvalue weighted by Gasteiger charge is 2.48. The summed E-state index contributed by atoms with van der Waals surface area (Å²) in [6.45, 7) is 5.84. The van der Waals surface area contributed by atoms with Gasteiger partial charge in [0.1, 0.15) is 5.60 Å². The fourth-order valence-electron chi connectivity index (χ4n) is 3.18. The Morgan fingerprint density at radius 1 is 1.32 bits per heavy atom. The highest BCUT2D eigenvalue weighted by Crippen LogP contribution is 2.34. The van der Waals surface area contributed by atoms with Crippen LogP contribution >= 0.6 is 0 Å². The third kappa shape index (κ3) is 3.01. The van der Waals surface area contributed by atoms with Crippen LogP contribution in [0.2, 0.25) is 0 Å². The average molecular weight is 299 g/mol. The standard InChI is InChI=1S/C18H21NO3/c1-14-12-19(13-18(22-14)10-11-21-15(18)2)17(20)9-8-16-6-4-3-5-7-16/h3-7,14-15H,10-13H2,1-2H3/t14-,15+,18+/m1/s1. The molecule has 0 aromatic heterocycles. The Balaban J connectivity index is 1.74. The summed E-state index contributed by atoms with van der Waals surface area (Å²) in [5.74, 6) is 5.54. The van der Waals surface area contributed by atoms with Gasteiger partial charge in [-0.2, -0.15) is 0 Å². The van der Waals surface area contributed by atoms with Gasteiger partial charge in [0.25, 0.3) is 5.91 Å². The Labute approximate surface area is 131 Å². The number of carbonyl (C=O) groups excluding carboxylic acids is 1. The Hall–Kier alpha value is -1.83. The van der Waals surface area contributed by atoms with Gasteiger partial charge in [0.05, 0.1) is 18.8 Å². The number of hydrogen-bond acceptors (Lipinski definition) is 3. The lowest BCUT2D eigenvalue weighted by Gasteiger charge is -2.44. The first-order valence-corrected chi connectivity index (χ1v) is 7.74. The fourth-order valence-corrected chi connectivity index (χ4v) is 3.18. The normalized spacial score (nSPS) is 30.9. The number of benzene rings is 1. The van der Waals surface area contributed by atoms with E-state index >= 15 is 0 Å². The molecule has 0 aliphatic carbocycles. The van der Waals surface area contributed by atoms with E-state index in [1.54, 1.807) is 4.90 Å². The second-order valence-corrected chi connectivity index (χ2v) is 6.06. The van der Waals surface area contributed by atoms with Crippen molar-refractivity contribution in [3.05, 3.63) is 35.9 Å². The van der Waals surface area contributed by atoms with E-state index in [4.69, 9.17) is 9.47 Å².